The quantitative estimate of drug-likeness (QED) is 0.490. The highest BCUT2D eigenvalue weighted by Crippen LogP contribution is 1.99. The van der Waals surface area contributed by atoms with Gasteiger partial charge in [-0.25, -0.2) is 0 Å². The molecule has 15 heavy (non-hydrogen) atoms. The number of nitrogens with zero attached hydrogens (tertiary/aromatic N) is 4. The standard InChI is InChI=1S/C9H6N4O2/c1-5-4-7-9(15)12-6(2-3-10-12)8(14)13(7)11-5/h2-4H,1H3. The summed E-state index contributed by atoms with van der Waals surface area (Å²) in [4.78, 5) is 23.6. The summed E-state index contributed by atoms with van der Waals surface area (Å²) in [5.74, 6) is 0. The van der Waals surface area contributed by atoms with Crippen molar-refractivity contribution in [2.75, 3.05) is 0 Å². The van der Waals surface area contributed by atoms with Gasteiger partial charge in [-0.05, 0) is 19.1 Å². The van der Waals surface area contributed by atoms with Gasteiger partial charge in [0.1, 0.15) is 11.0 Å². The van der Waals surface area contributed by atoms with Gasteiger partial charge < -0.3 is 0 Å². The highest BCUT2D eigenvalue weighted by atomic mass is 16.2. The van der Waals surface area contributed by atoms with Crippen LogP contribution in [-0.4, -0.2) is 19.2 Å². The van der Waals surface area contributed by atoms with E-state index in [1.54, 1.807) is 13.0 Å². The van der Waals surface area contributed by atoms with Gasteiger partial charge in [-0.3, -0.25) is 9.59 Å². The van der Waals surface area contributed by atoms with Gasteiger partial charge in [-0.1, -0.05) is 0 Å². The van der Waals surface area contributed by atoms with Crippen LogP contribution in [0.2, 0.25) is 0 Å². The number of aryl methyl sites for hydroxylation is 1. The third-order valence-electron chi connectivity index (χ3n) is 2.30. The molecule has 0 aliphatic carbocycles. The van der Waals surface area contributed by atoms with Crippen LogP contribution < -0.4 is 11.1 Å². The molecule has 0 fully saturated rings. The SMILES string of the molecule is Cc1cc2c(=O)n3nccc3c(=O)n2n1. The molecule has 3 heterocycles. The first-order chi connectivity index (χ1) is 7.18. The van der Waals surface area contributed by atoms with E-state index in [4.69, 9.17) is 0 Å². The zero-order valence-corrected chi connectivity index (χ0v) is 7.84. The van der Waals surface area contributed by atoms with Crippen LogP contribution in [0.15, 0.2) is 27.9 Å². The van der Waals surface area contributed by atoms with E-state index in [9.17, 15) is 9.59 Å². The Labute approximate surface area is 82.7 Å². The lowest BCUT2D eigenvalue weighted by Crippen LogP contribution is -2.26. The molecule has 3 aromatic heterocycles. The fourth-order valence-corrected chi connectivity index (χ4v) is 1.65. The van der Waals surface area contributed by atoms with Gasteiger partial charge in [0.2, 0.25) is 0 Å². The average Bonchev–Trinajstić information content (AvgIpc) is 2.79. The van der Waals surface area contributed by atoms with Gasteiger partial charge in [0.25, 0.3) is 11.1 Å². The molecule has 0 bridgehead atoms. The van der Waals surface area contributed by atoms with Crippen LogP contribution in [0, 0.1) is 6.92 Å². The smallest absolute Gasteiger partial charge is 0.265 e. The first kappa shape index (κ1) is 8.10. The topological polar surface area (TPSA) is 68.7 Å². The minimum absolute atomic E-state index is 0.246. The Hall–Kier alpha value is -2.24. The van der Waals surface area contributed by atoms with Gasteiger partial charge in [0, 0.05) is 0 Å². The summed E-state index contributed by atoms with van der Waals surface area (Å²) in [6.07, 6.45) is 1.42. The predicted molar refractivity (Wildman–Crippen MR) is 52.4 cm³/mol. The number of rotatable bonds is 0. The molecule has 0 radical (unpaired) electrons. The monoisotopic (exact) mass is 202 g/mol. The Balaban J connectivity index is 2.81. The molecule has 0 spiro atoms. The van der Waals surface area contributed by atoms with Crippen molar-refractivity contribution in [3.63, 3.8) is 0 Å². The number of hydrogen-bond acceptors (Lipinski definition) is 4. The molecule has 0 aromatic carbocycles. The maximum atomic E-state index is 11.8. The molecular formula is C9H6N4O2. The summed E-state index contributed by atoms with van der Waals surface area (Å²) < 4.78 is 2.22. The fraction of sp³-hybridized carbons (Fsp3) is 0.111. The zero-order valence-electron chi connectivity index (χ0n) is 7.84. The molecule has 74 valence electrons. The average molecular weight is 202 g/mol. The van der Waals surface area contributed by atoms with E-state index in [-0.39, 0.29) is 22.2 Å². The van der Waals surface area contributed by atoms with E-state index >= 15 is 0 Å². The molecule has 3 rings (SSSR count). The summed E-state index contributed by atoms with van der Waals surface area (Å²) in [6.45, 7) is 1.73. The Bertz CT molecular complexity index is 709. The minimum Gasteiger partial charge on any atom is -0.265 e. The van der Waals surface area contributed by atoms with Crippen molar-refractivity contribution < 1.29 is 0 Å². The molecule has 0 N–H and O–H groups in total. The summed E-state index contributed by atoms with van der Waals surface area (Å²) in [7, 11) is 0. The maximum absolute atomic E-state index is 11.8. The highest BCUT2D eigenvalue weighted by Gasteiger charge is 2.11. The Morgan fingerprint density at radius 1 is 1.13 bits per heavy atom. The summed E-state index contributed by atoms with van der Waals surface area (Å²) >= 11 is 0. The molecule has 0 aliphatic heterocycles. The van der Waals surface area contributed by atoms with Crippen LogP contribution >= 0.6 is 0 Å². The zero-order chi connectivity index (χ0) is 10.6. The first-order valence-electron chi connectivity index (χ1n) is 4.38. The molecule has 6 heteroatoms. The summed E-state index contributed by atoms with van der Waals surface area (Å²) in [6, 6.07) is 3.07. The van der Waals surface area contributed by atoms with Gasteiger partial charge in [0.05, 0.1) is 11.9 Å². The van der Waals surface area contributed by atoms with Gasteiger partial charge in [-0.2, -0.15) is 19.2 Å². The normalized spacial score (nSPS) is 11.5. The summed E-state index contributed by atoms with van der Waals surface area (Å²) in [5.41, 5.74) is 0.493. The molecular weight excluding hydrogens is 196 g/mol. The van der Waals surface area contributed by atoms with Crippen molar-refractivity contribution >= 4 is 11.0 Å². The van der Waals surface area contributed by atoms with Crippen LogP contribution in [0.25, 0.3) is 11.0 Å². The third-order valence-corrected chi connectivity index (χ3v) is 2.30. The minimum atomic E-state index is -0.324. The maximum Gasteiger partial charge on any atom is 0.297 e. The molecule has 0 amide bonds. The van der Waals surface area contributed by atoms with Crippen molar-refractivity contribution in [3.05, 3.63) is 44.7 Å². The van der Waals surface area contributed by atoms with Crippen LogP contribution in [0.5, 0.6) is 0 Å². The highest BCUT2D eigenvalue weighted by molar-refractivity contribution is 5.53. The molecule has 3 aromatic rings. The van der Waals surface area contributed by atoms with Gasteiger partial charge >= 0.3 is 0 Å². The lowest BCUT2D eigenvalue weighted by molar-refractivity contribution is 0.844. The van der Waals surface area contributed by atoms with E-state index in [0.717, 1.165) is 9.03 Å². The van der Waals surface area contributed by atoms with E-state index in [0.29, 0.717) is 5.69 Å². The predicted octanol–water partition coefficient (Wildman–Crippen LogP) is -0.551. The number of fused-ring (bicyclic) bond motifs is 2. The second-order valence-corrected chi connectivity index (χ2v) is 3.32. The van der Waals surface area contributed by atoms with Gasteiger partial charge in [-0.15, -0.1) is 0 Å². The van der Waals surface area contributed by atoms with Gasteiger partial charge in [0.15, 0.2) is 0 Å². The molecule has 6 nitrogen and oxygen atoms in total. The van der Waals surface area contributed by atoms with Crippen LogP contribution in [0.4, 0.5) is 0 Å². The van der Waals surface area contributed by atoms with Crippen molar-refractivity contribution in [2.45, 2.75) is 6.92 Å². The molecule has 0 atom stereocenters. The van der Waals surface area contributed by atoms with Crippen molar-refractivity contribution in [2.24, 2.45) is 0 Å². The molecule has 0 saturated carbocycles. The summed E-state index contributed by atoms with van der Waals surface area (Å²) in [5, 5.41) is 7.77. The Kier molecular flexibility index (Phi) is 1.30. The van der Waals surface area contributed by atoms with E-state index in [1.807, 2.05) is 0 Å². The molecule has 0 aliphatic rings. The number of hydrogen-bond donors (Lipinski definition) is 0. The van der Waals surface area contributed by atoms with Crippen LogP contribution in [-0.2, 0) is 0 Å². The third kappa shape index (κ3) is 0.876. The molecule has 0 unspecified atom stereocenters. The van der Waals surface area contributed by atoms with Crippen molar-refractivity contribution in [1.82, 2.24) is 19.2 Å². The fourth-order valence-electron chi connectivity index (χ4n) is 1.65. The van der Waals surface area contributed by atoms with E-state index < -0.39 is 0 Å². The lowest BCUT2D eigenvalue weighted by Gasteiger charge is -1.92. The Morgan fingerprint density at radius 2 is 1.87 bits per heavy atom. The number of aromatic nitrogens is 4. The van der Waals surface area contributed by atoms with Crippen LogP contribution in [0.1, 0.15) is 5.69 Å². The lowest BCUT2D eigenvalue weighted by atomic mass is 10.4. The second-order valence-electron chi connectivity index (χ2n) is 3.32. The second kappa shape index (κ2) is 2.41. The molecule has 0 saturated heterocycles. The van der Waals surface area contributed by atoms with E-state index in [1.165, 1.54) is 12.3 Å². The van der Waals surface area contributed by atoms with E-state index in [2.05, 4.69) is 10.2 Å². The van der Waals surface area contributed by atoms with Crippen molar-refractivity contribution in [1.29, 1.82) is 0 Å². The largest absolute Gasteiger partial charge is 0.297 e. The van der Waals surface area contributed by atoms with Crippen LogP contribution in [0.3, 0.4) is 0 Å². The first-order valence-corrected chi connectivity index (χ1v) is 4.38. The Morgan fingerprint density at radius 3 is 2.67 bits per heavy atom. The van der Waals surface area contributed by atoms with Crippen molar-refractivity contribution in [3.8, 4) is 0 Å².